The van der Waals surface area contributed by atoms with Crippen molar-refractivity contribution in [1.82, 2.24) is 4.90 Å². The van der Waals surface area contributed by atoms with Crippen molar-refractivity contribution in [2.24, 2.45) is 10.4 Å². The molecule has 2 amide bonds. The molecule has 3 rings (SSSR count). The zero-order chi connectivity index (χ0) is 24.0. The zero-order valence-corrected chi connectivity index (χ0v) is 20.2. The fourth-order valence-corrected chi connectivity index (χ4v) is 4.65. The summed E-state index contributed by atoms with van der Waals surface area (Å²) in [6.45, 7) is 7.15. The average molecular weight is 453 g/mol. The Bertz CT molecular complexity index is 939. The summed E-state index contributed by atoms with van der Waals surface area (Å²) in [5, 5.41) is 10.8. The molecule has 0 unspecified atom stereocenters. The Morgan fingerprint density at radius 3 is 2.24 bits per heavy atom. The van der Waals surface area contributed by atoms with Crippen LogP contribution >= 0.6 is 0 Å². The van der Waals surface area contributed by atoms with Crippen LogP contribution in [0.1, 0.15) is 99.3 Å². The van der Waals surface area contributed by atoms with E-state index in [4.69, 9.17) is 4.99 Å². The van der Waals surface area contributed by atoms with Gasteiger partial charge in [0.1, 0.15) is 5.76 Å². The summed E-state index contributed by atoms with van der Waals surface area (Å²) < 4.78 is 0. The molecular weight excluding hydrogens is 416 g/mol. The standard InChI is InChI=1S/C27H36N2O4/c1-4-5-6-7-10-15-28-21-17-27(2,3)18-23(31)24(21)22(30)14-11-16-29-25(32)19-12-8-9-13-20(19)26(29)33/h8-9,12-13,30H,4-7,10-11,14-18H2,1-3H3/b24-22-,28-21?. The first-order chi connectivity index (χ1) is 15.7. The maximum Gasteiger partial charge on any atom is 0.261 e. The predicted octanol–water partition coefficient (Wildman–Crippen LogP) is 5.68. The van der Waals surface area contributed by atoms with Crippen molar-refractivity contribution in [3.8, 4) is 0 Å². The monoisotopic (exact) mass is 452 g/mol. The Morgan fingerprint density at radius 1 is 0.970 bits per heavy atom. The molecule has 1 aliphatic heterocycles. The number of unbranched alkanes of at least 4 members (excludes halogenated alkanes) is 4. The van der Waals surface area contributed by atoms with Crippen molar-refractivity contribution in [1.29, 1.82) is 0 Å². The second kappa shape index (κ2) is 10.9. The molecule has 6 heteroatoms. The first-order valence-electron chi connectivity index (χ1n) is 12.2. The first-order valence-corrected chi connectivity index (χ1v) is 12.2. The Labute approximate surface area is 196 Å². The number of aliphatic imine (C=N–C) groups is 1. The van der Waals surface area contributed by atoms with Gasteiger partial charge in [0, 0.05) is 31.6 Å². The molecule has 1 aromatic carbocycles. The quantitative estimate of drug-likeness (QED) is 0.214. The average Bonchev–Trinajstić information content (AvgIpc) is 3.00. The topological polar surface area (TPSA) is 87.0 Å². The highest BCUT2D eigenvalue weighted by Crippen LogP contribution is 2.36. The number of Topliss-reactive ketones (excluding diaryl/α,β-unsaturated/α-hetero) is 1. The van der Waals surface area contributed by atoms with Gasteiger partial charge in [-0.3, -0.25) is 24.3 Å². The van der Waals surface area contributed by atoms with Crippen LogP contribution in [0.2, 0.25) is 0 Å². The minimum Gasteiger partial charge on any atom is -0.511 e. The van der Waals surface area contributed by atoms with Crippen LogP contribution in [0.3, 0.4) is 0 Å². The molecule has 1 N–H and O–H groups in total. The van der Waals surface area contributed by atoms with E-state index in [9.17, 15) is 19.5 Å². The van der Waals surface area contributed by atoms with Crippen LogP contribution in [0.4, 0.5) is 0 Å². The number of ketones is 1. The number of benzene rings is 1. The van der Waals surface area contributed by atoms with E-state index in [1.807, 2.05) is 0 Å². The van der Waals surface area contributed by atoms with Crippen LogP contribution in [0.25, 0.3) is 0 Å². The highest BCUT2D eigenvalue weighted by atomic mass is 16.3. The SMILES string of the molecule is CCCCCCCN=C1CC(C)(C)CC(=O)/C1=C(\O)CCCN1C(=O)c2ccccc2C1=O. The molecule has 0 bridgehead atoms. The van der Waals surface area contributed by atoms with Gasteiger partial charge in [-0.25, -0.2) is 0 Å². The van der Waals surface area contributed by atoms with E-state index in [0.717, 1.165) is 12.8 Å². The van der Waals surface area contributed by atoms with E-state index in [1.165, 1.54) is 24.2 Å². The van der Waals surface area contributed by atoms with Crippen LogP contribution in [-0.4, -0.2) is 46.4 Å². The first kappa shape index (κ1) is 24.9. The van der Waals surface area contributed by atoms with Crippen molar-refractivity contribution < 1.29 is 19.5 Å². The van der Waals surface area contributed by atoms with E-state index in [0.29, 0.717) is 48.2 Å². The van der Waals surface area contributed by atoms with E-state index in [2.05, 4.69) is 20.8 Å². The molecule has 178 valence electrons. The highest BCUT2D eigenvalue weighted by Gasteiger charge is 2.37. The third kappa shape index (κ3) is 5.98. The third-order valence-electron chi connectivity index (χ3n) is 6.38. The Morgan fingerprint density at radius 2 is 1.61 bits per heavy atom. The summed E-state index contributed by atoms with van der Waals surface area (Å²) in [4.78, 5) is 43.9. The Balaban J connectivity index is 1.65. The lowest BCUT2D eigenvalue weighted by Crippen LogP contribution is -2.33. The molecule has 0 radical (unpaired) electrons. The number of rotatable bonds is 10. The van der Waals surface area contributed by atoms with E-state index >= 15 is 0 Å². The van der Waals surface area contributed by atoms with Crippen LogP contribution in [-0.2, 0) is 4.79 Å². The normalized spacial score (nSPS) is 20.5. The van der Waals surface area contributed by atoms with Gasteiger partial charge in [0.05, 0.1) is 16.7 Å². The number of hydrogen-bond acceptors (Lipinski definition) is 5. The summed E-state index contributed by atoms with van der Waals surface area (Å²) in [5.74, 6) is -0.654. The van der Waals surface area contributed by atoms with Gasteiger partial charge in [0.2, 0.25) is 0 Å². The minimum absolute atomic E-state index is 0.0249. The molecule has 0 aromatic heterocycles. The van der Waals surface area contributed by atoms with Crippen LogP contribution < -0.4 is 0 Å². The Hall–Kier alpha value is -2.76. The largest absolute Gasteiger partial charge is 0.511 e. The smallest absolute Gasteiger partial charge is 0.261 e. The van der Waals surface area contributed by atoms with Gasteiger partial charge >= 0.3 is 0 Å². The molecule has 1 heterocycles. The molecule has 1 saturated carbocycles. The lowest BCUT2D eigenvalue weighted by Gasteiger charge is -2.31. The lowest BCUT2D eigenvalue weighted by molar-refractivity contribution is -0.117. The molecule has 0 atom stereocenters. The molecule has 0 spiro atoms. The molecule has 1 aliphatic carbocycles. The summed E-state index contributed by atoms with van der Waals surface area (Å²) in [5.41, 5.74) is 1.71. The maximum atomic E-state index is 12.9. The highest BCUT2D eigenvalue weighted by molar-refractivity contribution is 6.24. The van der Waals surface area contributed by atoms with Crippen LogP contribution in [0.5, 0.6) is 0 Å². The number of hydrogen-bond donors (Lipinski definition) is 1. The third-order valence-corrected chi connectivity index (χ3v) is 6.38. The van der Waals surface area contributed by atoms with Crippen molar-refractivity contribution in [2.45, 2.75) is 78.6 Å². The predicted molar refractivity (Wildman–Crippen MR) is 130 cm³/mol. The van der Waals surface area contributed by atoms with Gasteiger partial charge in [-0.2, -0.15) is 0 Å². The summed E-state index contributed by atoms with van der Waals surface area (Å²) in [7, 11) is 0. The van der Waals surface area contributed by atoms with Crippen LogP contribution in [0, 0.1) is 5.41 Å². The van der Waals surface area contributed by atoms with E-state index in [-0.39, 0.29) is 41.7 Å². The second-order valence-corrected chi connectivity index (χ2v) is 9.92. The zero-order valence-electron chi connectivity index (χ0n) is 20.2. The number of imide groups is 1. The minimum atomic E-state index is -0.302. The fourth-order valence-electron chi connectivity index (χ4n) is 4.65. The van der Waals surface area contributed by atoms with Gasteiger partial charge in [-0.05, 0) is 36.8 Å². The van der Waals surface area contributed by atoms with E-state index in [1.54, 1.807) is 24.3 Å². The van der Waals surface area contributed by atoms with E-state index < -0.39 is 0 Å². The van der Waals surface area contributed by atoms with Gasteiger partial charge in [-0.1, -0.05) is 58.6 Å². The Kier molecular flexibility index (Phi) is 8.22. The van der Waals surface area contributed by atoms with Gasteiger partial charge in [0.15, 0.2) is 5.78 Å². The van der Waals surface area contributed by atoms with Crippen molar-refractivity contribution in [3.63, 3.8) is 0 Å². The molecule has 33 heavy (non-hydrogen) atoms. The van der Waals surface area contributed by atoms with Crippen molar-refractivity contribution in [2.75, 3.05) is 13.1 Å². The number of carbonyl (C=O) groups excluding carboxylic acids is 3. The number of carbonyl (C=O) groups is 3. The number of aliphatic hydroxyl groups is 1. The molecule has 1 fully saturated rings. The maximum absolute atomic E-state index is 12.9. The summed E-state index contributed by atoms with van der Waals surface area (Å²) >= 11 is 0. The molecule has 6 nitrogen and oxygen atoms in total. The molecule has 1 aromatic rings. The summed E-state index contributed by atoms with van der Waals surface area (Å²) in [6.07, 6.45) is 7.36. The lowest BCUT2D eigenvalue weighted by atomic mass is 9.73. The fraction of sp³-hybridized carbons (Fsp3) is 0.556. The van der Waals surface area contributed by atoms with Crippen molar-refractivity contribution in [3.05, 3.63) is 46.7 Å². The van der Waals surface area contributed by atoms with Gasteiger partial charge < -0.3 is 5.11 Å². The van der Waals surface area contributed by atoms with Crippen LogP contribution in [0.15, 0.2) is 40.6 Å². The second-order valence-electron chi connectivity index (χ2n) is 9.92. The van der Waals surface area contributed by atoms with Gasteiger partial charge in [-0.15, -0.1) is 0 Å². The number of amides is 2. The summed E-state index contributed by atoms with van der Waals surface area (Å²) in [6, 6.07) is 6.79. The number of nitrogens with zero attached hydrogens (tertiary/aromatic N) is 2. The molecule has 0 saturated heterocycles. The number of allylic oxidation sites excluding steroid dienone is 2. The molecular formula is C27H36N2O4. The number of fused-ring (bicyclic) bond motifs is 1. The van der Waals surface area contributed by atoms with Gasteiger partial charge in [0.25, 0.3) is 11.8 Å². The molecule has 2 aliphatic rings. The number of aliphatic hydroxyl groups excluding tert-OH is 1. The van der Waals surface area contributed by atoms with Crippen molar-refractivity contribution >= 4 is 23.3 Å².